The number of nitrogens with one attached hydrogen (secondary N) is 2. The van der Waals surface area contributed by atoms with Gasteiger partial charge in [-0.2, -0.15) is 0 Å². The highest BCUT2D eigenvalue weighted by Crippen LogP contribution is 2.17. The third-order valence-electron chi connectivity index (χ3n) is 3.85. The molecule has 1 aliphatic heterocycles. The van der Waals surface area contributed by atoms with Crippen molar-refractivity contribution in [3.05, 3.63) is 29.3 Å². The van der Waals surface area contributed by atoms with Crippen molar-refractivity contribution in [2.24, 2.45) is 0 Å². The lowest BCUT2D eigenvalue weighted by molar-refractivity contribution is -0.136. The van der Waals surface area contributed by atoms with E-state index in [9.17, 15) is 14.4 Å². The average molecular weight is 333 g/mol. The summed E-state index contributed by atoms with van der Waals surface area (Å²) < 4.78 is 5.22. The van der Waals surface area contributed by atoms with Gasteiger partial charge in [-0.15, -0.1) is 0 Å². The molecule has 1 heterocycles. The fourth-order valence-electron chi connectivity index (χ4n) is 2.49. The van der Waals surface area contributed by atoms with Gasteiger partial charge in [-0.1, -0.05) is 6.07 Å². The quantitative estimate of drug-likeness (QED) is 0.858. The maximum Gasteiger partial charge on any atom is 0.251 e. The first-order valence-electron chi connectivity index (χ1n) is 7.94. The van der Waals surface area contributed by atoms with Crippen molar-refractivity contribution in [3.8, 4) is 0 Å². The molecule has 1 fully saturated rings. The van der Waals surface area contributed by atoms with E-state index in [2.05, 4.69) is 10.6 Å². The van der Waals surface area contributed by atoms with E-state index >= 15 is 0 Å². The van der Waals surface area contributed by atoms with E-state index in [0.29, 0.717) is 37.6 Å². The van der Waals surface area contributed by atoms with E-state index in [1.165, 1.54) is 6.92 Å². The fourth-order valence-corrected chi connectivity index (χ4v) is 2.49. The van der Waals surface area contributed by atoms with Gasteiger partial charge >= 0.3 is 0 Å². The van der Waals surface area contributed by atoms with Crippen molar-refractivity contribution in [3.63, 3.8) is 0 Å². The Kier molecular flexibility index (Phi) is 5.92. The SMILES string of the molecule is CC(=O)Nc1cc(C(=O)NC(C)C(=O)N2CCOCC2)ccc1C. The minimum atomic E-state index is -0.624. The molecule has 0 spiro atoms. The number of aryl methyl sites for hydroxylation is 1. The van der Waals surface area contributed by atoms with Crippen LogP contribution in [-0.2, 0) is 14.3 Å². The second-order valence-electron chi connectivity index (χ2n) is 5.84. The van der Waals surface area contributed by atoms with Gasteiger partial charge in [0.25, 0.3) is 5.91 Å². The number of carbonyl (C=O) groups is 3. The Bertz CT molecular complexity index is 639. The normalized spacial score (nSPS) is 15.5. The molecule has 24 heavy (non-hydrogen) atoms. The molecule has 0 aromatic heterocycles. The number of amides is 3. The van der Waals surface area contributed by atoms with Crippen LogP contribution in [-0.4, -0.2) is 55.0 Å². The zero-order valence-corrected chi connectivity index (χ0v) is 14.2. The van der Waals surface area contributed by atoms with Crippen molar-refractivity contribution in [2.45, 2.75) is 26.8 Å². The predicted octanol–water partition coefficient (Wildman–Crippen LogP) is 0.931. The van der Waals surface area contributed by atoms with Gasteiger partial charge in [0.1, 0.15) is 6.04 Å². The summed E-state index contributed by atoms with van der Waals surface area (Å²) in [5.41, 5.74) is 1.84. The lowest BCUT2D eigenvalue weighted by Crippen LogP contribution is -2.50. The first-order chi connectivity index (χ1) is 11.4. The molecule has 130 valence electrons. The number of hydrogen-bond donors (Lipinski definition) is 2. The maximum absolute atomic E-state index is 12.4. The lowest BCUT2D eigenvalue weighted by Gasteiger charge is -2.29. The summed E-state index contributed by atoms with van der Waals surface area (Å²) in [6, 6.07) is 4.41. The molecule has 0 bridgehead atoms. The number of ether oxygens (including phenoxy) is 1. The Morgan fingerprint density at radius 2 is 1.88 bits per heavy atom. The maximum atomic E-state index is 12.4. The van der Waals surface area contributed by atoms with Crippen LogP contribution in [0, 0.1) is 6.92 Å². The molecule has 1 aromatic carbocycles. The van der Waals surface area contributed by atoms with Gasteiger partial charge in [-0.25, -0.2) is 0 Å². The van der Waals surface area contributed by atoms with Crippen LogP contribution in [0.4, 0.5) is 5.69 Å². The van der Waals surface area contributed by atoms with Crippen LogP contribution in [0.1, 0.15) is 29.8 Å². The third kappa shape index (κ3) is 4.55. The number of benzene rings is 1. The summed E-state index contributed by atoms with van der Waals surface area (Å²) in [6.07, 6.45) is 0. The molecular weight excluding hydrogens is 310 g/mol. The first-order valence-corrected chi connectivity index (χ1v) is 7.94. The molecule has 7 heteroatoms. The number of carbonyl (C=O) groups excluding carboxylic acids is 3. The van der Waals surface area contributed by atoms with Crippen molar-refractivity contribution in [1.82, 2.24) is 10.2 Å². The highest BCUT2D eigenvalue weighted by atomic mass is 16.5. The zero-order chi connectivity index (χ0) is 17.7. The highest BCUT2D eigenvalue weighted by Gasteiger charge is 2.24. The molecule has 2 N–H and O–H groups in total. The Balaban J connectivity index is 2.03. The summed E-state index contributed by atoms with van der Waals surface area (Å²) in [5.74, 6) is -0.678. The number of hydrogen-bond acceptors (Lipinski definition) is 4. The Morgan fingerprint density at radius 1 is 1.21 bits per heavy atom. The van der Waals surface area contributed by atoms with Crippen molar-refractivity contribution < 1.29 is 19.1 Å². The largest absolute Gasteiger partial charge is 0.378 e. The number of morpholine rings is 1. The van der Waals surface area contributed by atoms with Gasteiger partial charge in [-0.3, -0.25) is 14.4 Å². The smallest absolute Gasteiger partial charge is 0.251 e. The molecule has 1 atom stereocenters. The van der Waals surface area contributed by atoms with Crippen LogP contribution in [0.5, 0.6) is 0 Å². The average Bonchev–Trinajstić information content (AvgIpc) is 2.56. The highest BCUT2D eigenvalue weighted by molar-refractivity contribution is 5.99. The molecule has 1 aromatic rings. The standard InChI is InChI=1S/C17H23N3O4/c1-11-4-5-14(10-15(11)19-13(3)21)16(22)18-12(2)17(23)20-6-8-24-9-7-20/h4-5,10,12H,6-9H2,1-3H3,(H,18,22)(H,19,21). The molecule has 7 nitrogen and oxygen atoms in total. The predicted molar refractivity (Wildman–Crippen MR) is 89.8 cm³/mol. The lowest BCUT2D eigenvalue weighted by atomic mass is 10.1. The van der Waals surface area contributed by atoms with Gasteiger partial charge in [0.2, 0.25) is 11.8 Å². The minimum Gasteiger partial charge on any atom is -0.378 e. The van der Waals surface area contributed by atoms with Gasteiger partial charge in [0.05, 0.1) is 13.2 Å². The summed E-state index contributed by atoms with van der Waals surface area (Å²) in [5, 5.41) is 5.40. The van der Waals surface area contributed by atoms with Crippen LogP contribution in [0.3, 0.4) is 0 Å². The molecule has 1 aliphatic rings. The van der Waals surface area contributed by atoms with E-state index in [-0.39, 0.29) is 17.7 Å². The monoisotopic (exact) mass is 333 g/mol. The zero-order valence-electron chi connectivity index (χ0n) is 14.2. The van der Waals surface area contributed by atoms with E-state index in [4.69, 9.17) is 4.74 Å². The van der Waals surface area contributed by atoms with Crippen LogP contribution in [0.2, 0.25) is 0 Å². The number of rotatable bonds is 4. The molecule has 1 unspecified atom stereocenters. The molecule has 0 radical (unpaired) electrons. The van der Waals surface area contributed by atoms with Crippen LogP contribution in [0.25, 0.3) is 0 Å². The Labute approximate surface area is 141 Å². The van der Waals surface area contributed by atoms with Crippen LogP contribution >= 0.6 is 0 Å². The van der Waals surface area contributed by atoms with Gasteiger partial charge in [0.15, 0.2) is 0 Å². The van der Waals surface area contributed by atoms with Gasteiger partial charge < -0.3 is 20.3 Å². The summed E-state index contributed by atoms with van der Waals surface area (Å²) in [6.45, 7) is 7.03. The number of nitrogens with zero attached hydrogens (tertiary/aromatic N) is 1. The molecule has 0 aliphatic carbocycles. The third-order valence-corrected chi connectivity index (χ3v) is 3.85. The summed E-state index contributed by atoms with van der Waals surface area (Å²) >= 11 is 0. The second-order valence-corrected chi connectivity index (χ2v) is 5.84. The van der Waals surface area contributed by atoms with Crippen LogP contribution < -0.4 is 10.6 Å². The molecule has 3 amide bonds. The molecular formula is C17H23N3O4. The van der Waals surface area contributed by atoms with E-state index in [1.54, 1.807) is 30.0 Å². The van der Waals surface area contributed by atoms with Crippen molar-refractivity contribution >= 4 is 23.4 Å². The number of anilines is 1. The molecule has 1 saturated heterocycles. The van der Waals surface area contributed by atoms with Crippen molar-refractivity contribution in [2.75, 3.05) is 31.6 Å². The summed E-state index contributed by atoms with van der Waals surface area (Å²) in [4.78, 5) is 37.6. The van der Waals surface area contributed by atoms with E-state index in [0.717, 1.165) is 5.56 Å². The topological polar surface area (TPSA) is 87.7 Å². The second kappa shape index (κ2) is 7.92. The minimum absolute atomic E-state index is 0.124. The Morgan fingerprint density at radius 3 is 2.50 bits per heavy atom. The van der Waals surface area contributed by atoms with Gasteiger partial charge in [0, 0.05) is 31.3 Å². The fraction of sp³-hybridized carbons (Fsp3) is 0.471. The van der Waals surface area contributed by atoms with E-state index in [1.807, 2.05) is 6.92 Å². The van der Waals surface area contributed by atoms with Gasteiger partial charge in [-0.05, 0) is 31.5 Å². The molecule has 2 rings (SSSR count). The first kappa shape index (κ1) is 17.9. The van der Waals surface area contributed by atoms with E-state index < -0.39 is 6.04 Å². The Hall–Kier alpha value is -2.41. The van der Waals surface area contributed by atoms with Crippen molar-refractivity contribution in [1.29, 1.82) is 0 Å². The van der Waals surface area contributed by atoms with Crippen LogP contribution in [0.15, 0.2) is 18.2 Å². The molecule has 0 saturated carbocycles. The summed E-state index contributed by atoms with van der Waals surface area (Å²) in [7, 11) is 0.